The highest BCUT2D eigenvalue weighted by molar-refractivity contribution is 6.33. The van der Waals surface area contributed by atoms with Crippen molar-refractivity contribution in [3.05, 3.63) is 94.6 Å². The van der Waals surface area contributed by atoms with E-state index in [1.54, 1.807) is 24.4 Å². The van der Waals surface area contributed by atoms with Crippen LogP contribution in [0.4, 0.5) is 11.5 Å². The number of aromatic nitrogens is 2. The van der Waals surface area contributed by atoms with Crippen LogP contribution < -0.4 is 16.0 Å². The lowest BCUT2D eigenvalue weighted by molar-refractivity contribution is 0.102. The average Bonchev–Trinajstić information content (AvgIpc) is 3.05. The summed E-state index contributed by atoms with van der Waals surface area (Å²) in [6.07, 6.45) is 8.93. The maximum Gasteiger partial charge on any atom is 0.257 e. The Hall–Kier alpha value is -3.64. The van der Waals surface area contributed by atoms with Crippen molar-refractivity contribution in [3.63, 3.8) is 0 Å². The van der Waals surface area contributed by atoms with Crippen LogP contribution in [0.1, 0.15) is 42.2 Å². The molecule has 1 aromatic carbocycles. The average molecular weight is 474 g/mol. The summed E-state index contributed by atoms with van der Waals surface area (Å²) in [5.41, 5.74) is 6.08. The summed E-state index contributed by atoms with van der Waals surface area (Å²) in [5.74, 6) is 0.540. The smallest absolute Gasteiger partial charge is 0.257 e. The standard InChI is InChI=1S/C27H28ClN5O/c1-18-6-7-20(17-29-16-18)12-14-31-26-11-9-22(19(2)32-26)27(34)33-21-8-10-24(28)23(15-21)25-5-3-4-13-30-25/h3-5,8-11,13,15-17,29H,6-7,12,14H2,1-2H3,(H,31,32)(H,33,34). The molecule has 34 heavy (non-hydrogen) atoms. The van der Waals surface area contributed by atoms with E-state index in [9.17, 15) is 4.79 Å². The summed E-state index contributed by atoms with van der Waals surface area (Å²) in [4.78, 5) is 21.8. The maximum atomic E-state index is 12.9. The number of amides is 1. The van der Waals surface area contributed by atoms with Gasteiger partial charge in [-0.15, -0.1) is 0 Å². The Kier molecular flexibility index (Phi) is 7.60. The number of pyridine rings is 2. The number of rotatable bonds is 7. The van der Waals surface area contributed by atoms with Gasteiger partial charge in [0.1, 0.15) is 5.82 Å². The maximum absolute atomic E-state index is 12.9. The molecule has 0 saturated carbocycles. The number of benzene rings is 1. The number of carbonyl (C=O) groups is 1. The molecule has 4 rings (SSSR count). The predicted molar refractivity (Wildman–Crippen MR) is 139 cm³/mol. The third kappa shape index (κ3) is 6.02. The zero-order valence-corrected chi connectivity index (χ0v) is 20.1. The number of anilines is 2. The molecule has 6 nitrogen and oxygen atoms in total. The van der Waals surface area contributed by atoms with Crippen molar-refractivity contribution in [3.8, 4) is 11.3 Å². The van der Waals surface area contributed by atoms with E-state index < -0.39 is 0 Å². The second-order valence-electron chi connectivity index (χ2n) is 8.33. The summed E-state index contributed by atoms with van der Waals surface area (Å²) < 4.78 is 0. The zero-order chi connectivity index (χ0) is 23.9. The Morgan fingerprint density at radius 2 is 1.97 bits per heavy atom. The van der Waals surface area contributed by atoms with Gasteiger partial charge in [-0.05, 0) is 88.0 Å². The minimum Gasteiger partial charge on any atom is -0.370 e. The van der Waals surface area contributed by atoms with Crippen molar-refractivity contribution in [1.29, 1.82) is 0 Å². The molecule has 3 aromatic rings. The van der Waals surface area contributed by atoms with Crippen molar-refractivity contribution in [2.45, 2.75) is 33.1 Å². The molecule has 2 aromatic heterocycles. The van der Waals surface area contributed by atoms with Crippen LogP contribution in [0.5, 0.6) is 0 Å². The lowest BCUT2D eigenvalue weighted by atomic mass is 10.1. The van der Waals surface area contributed by atoms with Crippen LogP contribution in [0.15, 0.2) is 78.3 Å². The van der Waals surface area contributed by atoms with E-state index in [2.05, 4.69) is 45.2 Å². The van der Waals surface area contributed by atoms with Crippen molar-refractivity contribution in [1.82, 2.24) is 15.3 Å². The van der Waals surface area contributed by atoms with E-state index in [0.29, 0.717) is 22.0 Å². The van der Waals surface area contributed by atoms with Crippen molar-refractivity contribution in [2.75, 3.05) is 17.2 Å². The van der Waals surface area contributed by atoms with Gasteiger partial charge in [-0.3, -0.25) is 9.78 Å². The molecule has 0 aliphatic carbocycles. The van der Waals surface area contributed by atoms with Gasteiger partial charge >= 0.3 is 0 Å². The molecule has 1 aliphatic heterocycles. The number of halogens is 1. The molecule has 1 amide bonds. The summed E-state index contributed by atoms with van der Waals surface area (Å²) in [7, 11) is 0. The largest absolute Gasteiger partial charge is 0.370 e. The van der Waals surface area contributed by atoms with Crippen molar-refractivity contribution >= 4 is 29.0 Å². The van der Waals surface area contributed by atoms with Crippen LogP contribution >= 0.6 is 11.6 Å². The minimum absolute atomic E-state index is 0.219. The van der Waals surface area contributed by atoms with E-state index in [-0.39, 0.29) is 5.91 Å². The fourth-order valence-corrected chi connectivity index (χ4v) is 3.99. The molecule has 0 saturated heterocycles. The molecule has 1 aliphatic rings. The Morgan fingerprint density at radius 3 is 2.76 bits per heavy atom. The second kappa shape index (κ2) is 11.0. The van der Waals surface area contributed by atoms with E-state index in [4.69, 9.17) is 11.6 Å². The number of aryl methyl sites for hydroxylation is 1. The Balaban J connectivity index is 1.37. The van der Waals surface area contributed by atoms with Crippen LogP contribution in [-0.2, 0) is 0 Å². The van der Waals surface area contributed by atoms with Gasteiger partial charge in [0.2, 0.25) is 0 Å². The number of allylic oxidation sites excluding steroid dienone is 1. The molecule has 0 radical (unpaired) electrons. The zero-order valence-electron chi connectivity index (χ0n) is 19.4. The first kappa shape index (κ1) is 23.5. The molecule has 0 bridgehead atoms. The number of hydrogen-bond acceptors (Lipinski definition) is 5. The van der Waals surface area contributed by atoms with Gasteiger partial charge in [0, 0.05) is 24.0 Å². The first-order valence-electron chi connectivity index (χ1n) is 11.3. The molecular formula is C27H28ClN5O. The lowest BCUT2D eigenvalue weighted by Crippen LogP contribution is -2.15. The fraction of sp³-hybridized carbons (Fsp3) is 0.222. The van der Waals surface area contributed by atoms with Gasteiger partial charge in [-0.25, -0.2) is 4.98 Å². The molecule has 0 spiro atoms. The Labute approximate surface area is 205 Å². The molecule has 0 atom stereocenters. The van der Waals surface area contributed by atoms with Crippen LogP contribution in [0.3, 0.4) is 0 Å². The van der Waals surface area contributed by atoms with E-state index in [1.165, 1.54) is 11.1 Å². The number of hydrogen-bond donors (Lipinski definition) is 3. The van der Waals surface area contributed by atoms with Crippen LogP contribution in [-0.4, -0.2) is 22.4 Å². The Morgan fingerprint density at radius 1 is 1.09 bits per heavy atom. The highest BCUT2D eigenvalue weighted by Gasteiger charge is 2.13. The predicted octanol–water partition coefficient (Wildman–Crippen LogP) is 6.33. The number of nitrogens with one attached hydrogen (secondary N) is 3. The number of carbonyl (C=O) groups excluding carboxylic acids is 1. The highest BCUT2D eigenvalue weighted by Crippen LogP contribution is 2.29. The quantitative estimate of drug-likeness (QED) is 0.373. The molecule has 3 N–H and O–H groups in total. The van der Waals surface area contributed by atoms with Gasteiger partial charge in [0.25, 0.3) is 5.91 Å². The van der Waals surface area contributed by atoms with Gasteiger partial charge in [0.05, 0.1) is 22.0 Å². The van der Waals surface area contributed by atoms with E-state index >= 15 is 0 Å². The third-order valence-corrected chi connectivity index (χ3v) is 6.03. The molecule has 0 unspecified atom stereocenters. The van der Waals surface area contributed by atoms with E-state index in [1.807, 2.05) is 37.3 Å². The summed E-state index contributed by atoms with van der Waals surface area (Å²) in [6, 6.07) is 14.6. The highest BCUT2D eigenvalue weighted by atomic mass is 35.5. The second-order valence-corrected chi connectivity index (χ2v) is 8.74. The van der Waals surface area contributed by atoms with Crippen LogP contribution in [0, 0.1) is 6.92 Å². The van der Waals surface area contributed by atoms with Crippen LogP contribution in [0.25, 0.3) is 11.3 Å². The normalized spacial score (nSPS) is 13.3. The van der Waals surface area contributed by atoms with E-state index in [0.717, 1.165) is 42.9 Å². The summed E-state index contributed by atoms with van der Waals surface area (Å²) in [5, 5.41) is 10.1. The third-order valence-electron chi connectivity index (χ3n) is 5.71. The van der Waals surface area contributed by atoms with Gasteiger partial charge in [0.15, 0.2) is 0 Å². The fourth-order valence-electron chi connectivity index (χ4n) is 3.77. The molecular weight excluding hydrogens is 446 g/mol. The first-order valence-corrected chi connectivity index (χ1v) is 11.7. The van der Waals surface area contributed by atoms with Gasteiger partial charge in [-0.1, -0.05) is 28.8 Å². The summed E-state index contributed by atoms with van der Waals surface area (Å²) >= 11 is 6.35. The Bertz CT molecular complexity index is 1240. The van der Waals surface area contributed by atoms with Crippen molar-refractivity contribution < 1.29 is 4.79 Å². The molecule has 0 fully saturated rings. The first-order chi connectivity index (χ1) is 16.5. The topological polar surface area (TPSA) is 78.9 Å². The summed E-state index contributed by atoms with van der Waals surface area (Å²) in [6.45, 7) is 4.76. The monoisotopic (exact) mass is 473 g/mol. The lowest BCUT2D eigenvalue weighted by Gasteiger charge is -2.12. The molecule has 174 valence electrons. The molecule has 7 heteroatoms. The minimum atomic E-state index is -0.219. The van der Waals surface area contributed by atoms with Crippen molar-refractivity contribution in [2.24, 2.45) is 0 Å². The number of nitrogens with zero attached hydrogens (tertiary/aromatic N) is 2. The molecule has 3 heterocycles. The SMILES string of the molecule is CC1=CNC=C(CCNc2ccc(C(=O)Nc3ccc(Cl)c(-c4ccccn4)c3)c(C)n2)CC1. The van der Waals surface area contributed by atoms with Gasteiger partial charge in [-0.2, -0.15) is 0 Å². The van der Waals surface area contributed by atoms with Crippen LogP contribution in [0.2, 0.25) is 5.02 Å². The van der Waals surface area contributed by atoms with Gasteiger partial charge < -0.3 is 16.0 Å².